The maximum atomic E-state index is 12.2. The topological polar surface area (TPSA) is 151 Å². The number of carbonyl (C=O) groups is 6. The number of nitrogens with one attached hydrogen (secondary N) is 2. The molecular formula is C26H40N4O8. The Kier molecular flexibility index (Phi) is 10.4. The van der Waals surface area contributed by atoms with Gasteiger partial charge in [0.15, 0.2) is 0 Å². The number of allylic oxidation sites excluding steroid dienone is 2. The Bertz CT molecular complexity index is 887. The maximum Gasteiger partial charge on any atom is 0.408 e. The number of imide groups is 2. The molecule has 12 heteroatoms. The van der Waals surface area contributed by atoms with Crippen LogP contribution >= 0.6 is 0 Å². The zero-order chi connectivity index (χ0) is 28.7. The molecule has 0 aliphatic carbocycles. The first-order valence-corrected chi connectivity index (χ1v) is 12.9. The Morgan fingerprint density at radius 1 is 0.737 bits per heavy atom. The summed E-state index contributed by atoms with van der Waals surface area (Å²) in [6.45, 7) is 10.6. The van der Waals surface area contributed by atoms with Crippen LogP contribution in [0.5, 0.6) is 0 Å². The van der Waals surface area contributed by atoms with E-state index < -0.39 is 47.3 Å². The summed E-state index contributed by atoms with van der Waals surface area (Å²) in [6, 6.07) is -1.48. The van der Waals surface area contributed by atoms with Gasteiger partial charge in [0.2, 0.25) is 11.8 Å². The van der Waals surface area contributed by atoms with E-state index in [1.807, 2.05) is 12.2 Å². The molecule has 0 aromatic carbocycles. The van der Waals surface area contributed by atoms with E-state index in [1.165, 1.54) is 0 Å². The molecule has 2 saturated heterocycles. The van der Waals surface area contributed by atoms with Gasteiger partial charge in [-0.05, 0) is 67.2 Å². The lowest BCUT2D eigenvalue weighted by Crippen LogP contribution is -2.65. The van der Waals surface area contributed by atoms with Gasteiger partial charge in [0.25, 0.3) is 11.8 Å². The fourth-order valence-corrected chi connectivity index (χ4v) is 3.66. The molecule has 0 spiro atoms. The van der Waals surface area contributed by atoms with Gasteiger partial charge in [0.05, 0.1) is 13.1 Å². The minimum Gasteiger partial charge on any atom is -0.444 e. The Balaban J connectivity index is 1.53. The van der Waals surface area contributed by atoms with E-state index in [4.69, 9.17) is 9.47 Å². The fourth-order valence-electron chi connectivity index (χ4n) is 3.66. The summed E-state index contributed by atoms with van der Waals surface area (Å²) in [4.78, 5) is 74.4. The Morgan fingerprint density at radius 2 is 1.08 bits per heavy atom. The minimum atomic E-state index is -0.741. The minimum absolute atomic E-state index is 0.137. The SMILES string of the molecule is CC(C)(C)OC(=O)N[C@H]1CN(C(=O)CCC/C=C/CCCC(=O)N2C[C@H](NC(=O)OC(C)(C)C)C2=O)C1=O. The van der Waals surface area contributed by atoms with E-state index in [1.54, 1.807) is 41.5 Å². The third-order valence-electron chi connectivity index (χ3n) is 5.53. The molecule has 12 nitrogen and oxygen atoms in total. The first-order valence-electron chi connectivity index (χ1n) is 12.9. The van der Waals surface area contributed by atoms with Crippen LogP contribution in [0, 0.1) is 0 Å². The smallest absolute Gasteiger partial charge is 0.408 e. The second-order valence-corrected chi connectivity index (χ2v) is 11.3. The summed E-state index contributed by atoms with van der Waals surface area (Å²) in [5, 5.41) is 4.92. The number of likely N-dealkylation sites (tertiary alicyclic amines) is 2. The molecule has 0 aromatic rings. The summed E-state index contributed by atoms with van der Waals surface area (Å²) >= 11 is 0. The highest BCUT2D eigenvalue weighted by Crippen LogP contribution is 2.17. The molecule has 2 heterocycles. The molecule has 212 valence electrons. The summed E-state index contributed by atoms with van der Waals surface area (Å²) in [7, 11) is 0. The molecule has 0 bridgehead atoms. The van der Waals surface area contributed by atoms with E-state index in [-0.39, 0.29) is 37.7 Å². The Morgan fingerprint density at radius 3 is 1.37 bits per heavy atom. The Labute approximate surface area is 223 Å². The van der Waals surface area contributed by atoms with Crippen LogP contribution in [0.2, 0.25) is 0 Å². The second-order valence-electron chi connectivity index (χ2n) is 11.3. The zero-order valence-electron chi connectivity index (χ0n) is 23.1. The van der Waals surface area contributed by atoms with Crippen molar-refractivity contribution < 1.29 is 38.2 Å². The van der Waals surface area contributed by atoms with Crippen molar-refractivity contribution in [1.82, 2.24) is 20.4 Å². The van der Waals surface area contributed by atoms with E-state index >= 15 is 0 Å². The van der Waals surface area contributed by atoms with Crippen LogP contribution in [0.25, 0.3) is 0 Å². The summed E-state index contributed by atoms with van der Waals surface area (Å²) in [5.74, 6) is -1.44. The lowest BCUT2D eigenvalue weighted by molar-refractivity contribution is -0.156. The first-order chi connectivity index (χ1) is 17.6. The van der Waals surface area contributed by atoms with Crippen molar-refractivity contribution in [3.05, 3.63) is 12.2 Å². The van der Waals surface area contributed by atoms with E-state index in [0.29, 0.717) is 25.7 Å². The van der Waals surface area contributed by atoms with Gasteiger partial charge >= 0.3 is 12.2 Å². The molecule has 2 rings (SSSR count). The maximum absolute atomic E-state index is 12.2. The van der Waals surface area contributed by atoms with E-state index in [0.717, 1.165) is 9.80 Å². The number of hydrogen-bond acceptors (Lipinski definition) is 8. The molecule has 2 N–H and O–H groups in total. The molecule has 2 atom stereocenters. The van der Waals surface area contributed by atoms with Crippen LogP contribution in [0.1, 0.15) is 80.1 Å². The van der Waals surface area contributed by atoms with Crippen molar-refractivity contribution in [2.45, 2.75) is 103 Å². The molecule has 2 fully saturated rings. The van der Waals surface area contributed by atoms with Crippen molar-refractivity contribution in [3.63, 3.8) is 0 Å². The summed E-state index contributed by atoms with van der Waals surface area (Å²) in [6.07, 6.45) is 5.29. The van der Waals surface area contributed by atoms with Crippen LogP contribution in [-0.2, 0) is 28.7 Å². The molecule has 38 heavy (non-hydrogen) atoms. The van der Waals surface area contributed by atoms with Crippen LogP contribution in [0.3, 0.4) is 0 Å². The highest BCUT2D eigenvalue weighted by Gasteiger charge is 2.42. The van der Waals surface area contributed by atoms with Crippen LogP contribution < -0.4 is 10.6 Å². The fraction of sp³-hybridized carbons (Fsp3) is 0.692. The molecule has 2 aliphatic rings. The average Bonchev–Trinajstić information content (AvgIpc) is 2.77. The van der Waals surface area contributed by atoms with Crippen molar-refractivity contribution >= 4 is 35.8 Å². The number of alkyl carbamates (subject to hydrolysis) is 2. The number of ether oxygens (including phenoxy) is 2. The lowest BCUT2D eigenvalue weighted by Gasteiger charge is -2.37. The van der Waals surface area contributed by atoms with E-state index in [9.17, 15) is 28.8 Å². The molecule has 0 saturated carbocycles. The molecule has 2 aliphatic heterocycles. The summed E-state index contributed by atoms with van der Waals surface area (Å²) < 4.78 is 10.2. The molecule has 0 radical (unpaired) electrons. The van der Waals surface area contributed by atoms with Gasteiger partial charge in [-0.2, -0.15) is 0 Å². The molecule has 6 amide bonds. The van der Waals surface area contributed by atoms with Crippen molar-refractivity contribution in [2.75, 3.05) is 13.1 Å². The highest BCUT2D eigenvalue weighted by atomic mass is 16.6. The monoisotopic (exact) mass is 536 g/mol. The standard InChI is InChI=1S/C26H40N4O8/c1-25(2,3)37-23(35)27-17-15-29(21(17)33)19(31)13-11-9-7-8-10-12-14-20(32)30-16-18(22(30)34)28-24(36)38-26(4,5)6/h7-8,17-18H,9-16H2,1-6H3,(H,27,35)(H,28,36)/b8-7+/t17-,18-/m0/s1. The highest BCUT2D eigenvalue weighted by molar-refractivity contribution is 6.04. The molecule has 0 unspecified atom stereocenters. The number of nitrogens with zero attached hydrogens (tertiary/aromatic N) is 2. The van der Waals surface area contributed by atoms with Gasteiger partial charge in [-0.1, -0.05) is 12.2 Å². The number of unbranched alkanes of at least 4 members (excludes halogenated alkanes) is 2. The van der Waals surface area contributed by atoms with Crippen molar-refractivity contribution in [2.24, 2.45) is 0 Å². The molecule has 0 aromatic heterocycles. The number of rotatable bonds is 10. The predicted molar refractivity (Wildman–Crippen MR) is 137 cm³/mol. The van der Waals surface area contributed by atoms with Gasteiger partial charge in [-0.15, -0.1) is 0 Å². The number of β-lactam (4-membered cyclic amide) rings is 2. The van der Waals surface area contributed by atoms with Crippen molar-refractivity contribution in [3.8, 4) is 0 Å². The third kappa shape index (κ3) is 9.79. The zero-order valence-corrected chi connectivity index (χ0v) is 23.1. The third-order valence-corrected chi connectivity index (χ3v) is 5.53. The average molecular weight is 537 g/mol. The number of amides is 6. The predicted octanol–water partition coefficient (Wildman–Crippen LogP) is 2.41. The summed E-state index contributed by atoms with van der Waals surface area (Å²) in [5.41, 5.74) is -1.34. The largest absolute Gasteiger partial charge is 0.444 e. The molecular weight excluding hydrogens is 496 g/mol. The van der Waals surface area contributed by atoms with Crippen LogP contribution in [-0.4, -0.2) is 82.0 Å². The van der Waals surface area contributed by atoms with Crippen LogP contribution in [0.15, 0.2) is 12.2 Å². The van der Waals surface area contributed by atoms with Gasteiger partial charge in [-0.25, -0.2) is 9.59 Å². The van der Waals surface area contributed by atoms with Gasteiger partial charge in [0, 0.05) is 12.8 Å². The second kappa shape index (κ2) is 12.9. The van der Waals surface area contributed by atoms with Gasteiger partial charge < -0.3 is 20.1 Å². The number of hydrogen-bond donors (Lipinski definition) is 2. The van der Waals surface area contributed by atoms with Crippen molar-refractivity contribution in [1.29, 1.82) is 0 Å². The van der Waals surface area contributed by atoms with Gasteiger partial charge in [0.1, 0.15) is 23.3 Å². The lowest BCUT2D eigenvalue weighted by atomic mass is 10.1. The normalized spacial score (nSPS) is 19.5. The quantitative estimate of drug-likeness (QED) is 0.245. The number of carbonyl (C=O) groups excluding carboxylic acids is 6. The van der Waals surface area contributed by atoms with Crippen LogP contribution in [0.4, 0.5) is 9.59 Å². The van der Waals surface area contributed by atoms with Gasteiger partial charge in [-0.3, -0.25) is 29.0 Å². The van der Waals surface area contributed by atoms with E-state index in [2.05, 4.69) is 10.6 Å². The Hall–Kier alpha value is -3.44. The first kappa shape index (κ1) is 30.8.